The molecular weight excluding hydrogens is 307 g/mol. The second-order valence-corrected chi connectivity index (χ2v) is 5.59. The summed E-state index contributed by atoms with van der Waals surface area (Å²) in [5.41, 5.74) is 3.11. The Morgan fingerprint density at radius 2 is 1.74 bits per heavy atom. The van der Waals surface area contributed by atoms with Crippen LogP contribution in [0.25, 0.3) is 0 Å². The third kappa shape index (κ3) is 2.76. The molecule has 0 aliphatic heterocycles. The Kier molecular flexibility index (Phi) is 3.85. The molecule has 0 saturated heterocycles. The standard InChI is InChI=1S/C16H14BrFO/c1-9-6-11(3)15(14(18)7-9)16(19)12-4-5-13(17)10(2)8-12/h4-8H,1-3H3. The summed E-state index contributed by atoms with van der Waals surface area (Å²) < 4.78 is 14.9. The van der Waals surface area contributed by atoms with Crippen LogP contribution in [0.1, 0.15) is 32.6 Å². The maximum Gasteiger partial charge on any atom is 0.196 e. The van der Waals surface area contributed by atoms with Crippen LogP contribution >= 0.6 is 15.9 Å². The van der Waals surface area contributed by atoms with E-state index in [-0.39, 0.29) is 11.3 Å². The molecule has 0 atom stereocenters. The smallest absolute Gasteiger partial charge is 0.196 e. The molecule has 0 amide bonds. The second kappa shape index (κ2) is 5.25. The van der Waals surface area contributed by atoms with Gasteiger partial charge in [0.15, 0.2) is 5.78 Å². The fourth-order valence-electron chi connectivity index (χ4n) is 2.13. The van der Waals surface area contributed by atoms with E-state index >= 15 is 0 Å². The van der Waals surface area contributed by atoms with Gasteiger partial charge in [-0.2, -0.15) is 0 Å². The van der Waals surface area contributed by atoms with E-state index in [1.807, 2.05) is 26.0 Å². The van der Waals surface area contributed by atoms with Gasteiger partial charge in [-0.3, -0.25) is 4.79 Å². The molecule has 2 aromatic rings. The molecule has 0 spiro atoms. The maximum absolute atomic E-state index is 14.0. The Morgan fingerprint density at radius 1 is 1.05 bits per heavy atom. The first-order valence-electron chi connectivity index (χ1n) is 5.97. The highest BCUT2D eigenvalue weighted by Crippen LogP contribution is 2.22. The highest BCUT2D eigenvalue weighted by Gasteiger charge is 2.17. The Morgan fingerprint density at radius 3 is 2.32 bits per heavy atom. The van der Waals surface area contributed by atoms with E-state index < -0.39 is 5.82 Å². The van der Waals surface area contributed by atoms with Crippen molar-refractivity contribution < 1.29 is 9.18 Å². The molecule has 0 bridgehead atoms. The minimum atomic E-state index is -0.455. The van der Waals surface area contributed by atoms with Crippen LogP contribution in [-0.2, 0) is 0 Å². The van der Waals surface area contributed by atoms with Crippen molar-refractivity contribution in [1.82, 2.24) is 0 Å². The van der Waals surface area contributed by atoms with Crippen LogP contribution in [0.4, 0.5) is 4.39 Å². The predicted octanol–water partition coefficient (Wildman–Crippen LogP) is 4.74. The largest absolute Gasteiger partial charge is 0.288 e. The first-order valence-corrected chi connectivity index (χ1v) is 6.77. The summed E-state index contributed by atoms with van der Waals surface area (Å²) in [5.74, 6) is -0.728. The Balaban J connectivity index is 2.53. The zero-order valence-corrected chi connectivity index (χ0v) is 12.6. The summed E-state index contributed by atoms with van der Waals surface area (Å²) in [6.07, 6.45) is 0. The molecule has 3 heteroatoms. The van der Waals surface area contributed by atoms with Gasteiger partial charge in [-0.15, -0.1) is 0 Å². The number of ketones is 1. The van der Waals surface area contributed by atoms with Gasteiger partial charge in [0.2, 0.25) is 0 Å². The van der Waals surface area contributed by atoms with E-state index in [4.69, 9.17) is 0 Å². The molecule has 0 aliphatic rings. The van der Waals surface area contributed by atoms with Crippen LogP contribution in [0.3, 0.4) is 0 Å². The van der Waals surface area contributed by atoms with Crippen LogP contribution in [0.15, 0.2) is 34.8 Å². The molecular formula is C16H14BrFO. The monoisotopic (exact) mass is 320 g/mol. The third-order valence-electron chi connectivity index (χ3n) is 3.08. The van der Waals surface area contributed by atoms with Crippen LogP contribution < -0.4 is 0 Å². The van der Waals surface area contributed by atoms with Gasteiger partial charge in [-0.05, 0) is 61.7 Å². The van der Waals surface area contributed by atoms with Crippen LogP contribution in [0.2, 0.25) is 0 Å². The summed E-state index contributed by atoms with van der Waals surface area (Å²) in [5, 5.41) is 0. The lowest BCUT2D eigenvalue weighted by Crippen LogP contribution is -2.07. The average molecular weight is 321 g/mol. The molecule has 0 radical (unpaired) electrons. The van der Waals surface area contributed by atoms with Gasteiger partial charge in [-0.1, -0.05) is 22.0 Å². The van der Waals surface area contributed by atoms with Gasteiger partial charge < -0.3 is 0 Å². The summed E-state index contributed by atoms with van der Waals surface area (Å²) in [7, 11) is 0. The van der Waals surface area contributed by atoms with Gasteiger partial charge in [0, 0.05) is 10.0 Å². The van der Waals surface area contributed by atoms with Crippen molar-refractivity contribution >= 4 is 21.7 Å². The van der Waals surface area contributed by atoms with E-state index in [1.54, 1.807) is 19.1 Å². The molecule has 19 heavy (non-hydrogen) atoms. The summed E-state index contributed by atoms with van der Waals surface area (Å²) >= 11 is 3.39. The van der Waals surface area contributed by atoms with E-state index in [0.717, 1.165) is 15.6 Å². The molecule has 2 aromatic carbocycles. The number of hydrogen-bond acceptors (Lipinski definition) is 1. The van der Waals surface area contributed by atoms with Gasteiger partial charge in [0.25, 0.3) is 0 Å². The molecule has 98 valence electrons. The van der Waals surface area contributed by atoms with Crippen LogP contribution in [-0.4, -0.2) is 5.78 Å². The zero-order valence-electron chi connectivity index (χ0n) is 11.1. The van der Waals surface area contributed by atoms with Crippen molar-refractivity contribution in [2.24, 2.45) is 0 Å². The highest BCUT2D eigenvalue weighted by atomic mass is 79.9. The van der Waals surface area contributed by atoms with Crippen molar-refractivity contribution in [3.63, 3.8) is 0 Å². The molecule has 0 heterocycles. The fraction of sp³-hybridized carbons (Fsp3) is 0.188. The van der Waals surface area contributed by atoms with Crippen molar-refractivity contribution in [2.45, 2.75) is 20.8 Å². The van der Waals surface area contributed by atoms with Crippen LogP contribution in [0, 0.1) is 26.6 Å². The number of halogens is 2. The number of aryl methyl sites for hydroxylation is 3. The first kappa shape index (κ1) is 13.9. The molecule has 0 aromatic heterocycles. The summed E-state index contributed by atoms with van der Waals surface area (Å²) in [6.45, 7) is 5.47. The number of carbonyl (C=O) groups excluding carboxylic acids is 1. The molecule has 2 rings (SSSR count). The van der Waals surface area contributed by atoms with Crippen molar-refractivity contribution in [2.75, 3.05) is 0 Å². The van der Waals surface area contributed by atoms with Gasteiger partial charge >= 0.3 is 0 Å². The lowest BCUT2D eigenvalue weighted by Gasteiger charge is -2.09. The molecule has 1 nitrogen and oxygen atoms in total. The Bertz CT molecular complexity index is 639. The Hall–Kier alpha value is -1.48. The third-order valence-corrected chi connectivity index (χ3v) is 3.97. The minimum Gasteiger partial charge on any atom is -0.288 e. The molecule has 0 fully saturated rings. The van der Waals surface area contributed by atoms with Gasteiger partial charge in [-0.25, -0.2) is 4.39 Å². The van der Waals surface area contributed by atoms with Crippen molar-refractivity contribution in [3.8, 4) is 0 Å². The number of hydrogen-bond donors (Lipinski definition) is 0. The lowest BCUT2D eigenvalue weighted by atomic mass is 9.96. The number of carbonyl (C=O) groups is 1. The SMILES string of the molecule is Cc1cc(C)c(C(=O)c2ccc(Br)c(C)c2)c(F)c1. The van der Waals surface area contributed by atoms with E-state index in [0.29, 0.717) is 11.1 Å². The van der Waals surface area contributed by atoms with Gasteiger partial charge in [0.05, 0.1) is 5.56 Å². The quantitative estimate of drug-likeness (QED) is 0.730. The zero-order chi connectivity index (χ0) is 14.2. The molecule has 0 N–H and O–H groups in total. The maximum atomic E-state index is 14.0. The lowest BCUT2D eigenvalue weighted by molar-refractivity contribution is 0.103. The van der Waals surface area contributed by atoms with E-state index in [2.05, 4.69) is 15.9 Å². The highest BCUT2D eigenvalue weighted by molar-refractivity contribution is 9.10. The molecule has 0 saturated carbocycles. The van der Waals surface area contributed by atoms with Crippen molar-refractivity contribution in [3.05, 3.63) is 68.4 Å². The summed E-state index contributed by atoms with van der Waals surface area (Å²) in [4.78, 5) is 12.4. The number of rotatable bonds is 2. The van der Waals surface area contributed by atoms with Gasteiger partial charge in [0.1, 0.15) is 5.82 Å². The average Bonchev–Trinajstić information content (AvgIpc) is 2.31. The van der Waals surface area contributed by atoms with E-state index in [1.165, 1.54) is 6.07 Å². The molecule has 0 unspecified atom stereocenters. The number of benzene rings is 2. The predicted molar refractivity (Wildman–Crippen MR) is 78.2 cm³/mol. The normalized spacial score (nSPS) is 10.6. The summed E-state index contributed by atoms with van der Waals surface area (Å²) in [6, 6.07) is 8.50. The first-order chi connectivity index (χ1) is 8.90. The second-order valence-electron chi connectivity index (χ2n) is 4.73. The van der Waals surface area contributed by atoms with E-state index in [9.17, 15) is 9.18 Å². The Labute approximate surface area is 120 Å². The fourth-order valence-corrected chi connectivity index (χ4v) is 2.38. The minimum absolute atomic E-state index is 0.160. The molecule has 0 aliphatic carbocycles. The van der Waals surface area contributed by atoms with Crippen molar-refractivity contribution in [1.29, 1.82) is 0 Å². The topological polar surface area (TPSA) is 17.1 Å². The van der Waals surface area contributed by atoms with Crippen LogP contribution in [0.5, 0.6) is 0 Å².